The molecule has 0 amide bonds. The molecule has 1 heterocycles. The molecule has 5 nitrogen and oxygen atoms in total. The highest BCUT2D eigenvalue weighted by molar-refractivity contribution is 6.33. The molecular weight excluding hydrogens is 274 g/mol. The summed E-state index contributed by atoms with van der Waals surface area (Å²) in [6.07, 6.45) is 2.19. The second-order valence-electron chi connectivity index (χ2n) is 5.28. The Bertz CT molecular complexity index is 581. The molecule has 20 heavy (non-hydrogen) atoms. The molecule has 2 rings (SSSR count). The van der Waals surface area contributed by atoms with Crippen LogP contribution in [0.4, 0.5) is 5.69 Å². The number of nitrogen functional groups attached to an aromatic ring is 1. The van der Waals surface area contributed by atoms with Crippen molar-refractivity contribution in [1.29, 1.82) is 0 Å². The summed E-state index contributed by atoms with van der Waals surface area (Å²) in [6.45, 7) is 6.56. The lowest BCUT2D eigenvalue weighted by Crippen LogP contribution is -2.12. The normalized spacial score (nSPS) is 14.2. The van der Waals surface area contributed by atoms with E-state index in [0.29, 0.717) is 16.6 Å². The van der Waals surface area contributed by atoms with Gasteiger partial charge >= 0.3 is 0 Å². The highest BCUT2D eigenvalue weighted by atomic mass is 35.5. The Kier molecular flexibility index (Phi) is 4.60. The Morgan fingerprint density at radius 2 is 2.10 bits per heavy atom. The van der Waals surface area contributed by atoms with Crippen molar-refractivity contribution < 1.29 is 0 Å². The van der Waals surface area contributed by atoms with E-state index in [-0.39, 0.29) is 6.04 Å². The average molecular weight is 294 g/mol. The molecule has 0 fully saturated rings. The number of nitrogens with two attached hydrogens (primary N) is 1. The largest absolute Gasteiger partial charge is 0.398 e. The fourth-order valence-corrected chi connectivity index (χ4v) is 2.33. The minimum atomic E-state index is 0.242. The summed E-state index contributed by atoms with van der Waals surface area (Å²) in [6, 6.07) is 5.70. The monoisotopic (exact) mass is 293 g/mol. The molecule has 0 saturated carbocycles. The molecule has 0 aliphatic heterocycles. The van der Waals surface area contributed by atoms with Crippen LogP contribution in [0, 0.1) is 5.92 Å². The van der Waals surface area contributed by atoms with E-state index in [1.165, 1.54) is 0 Å². The number of anilines is 1. The summed E-state index contributed by atoms with van der Waals surface area (Å²) in [5.41, 5.74) is 7.26. The summed E-state index contributed by atoms with van der Waals surface area (Å²) in [4.78, 5) is 0. The molecular formula is C14H20ClN5. The molecule has 2 unspecified atom stereocenters. The van der Waals surface area contributed by atoms with Crippen LogP contribution in [0.25, 0.3) is 11.4 Å². The van der Waals surface area contributed by atoms with Crippen molar-refractivity contribution in [3.8, 4) is 11.4 Å². The Labute approximate surface area is 124 Å². The van der Waals surface area contributed by atoms with E-state index in [0.717, 1.165) is 24.2 Å². The van der Waals surface area contributed by atoms with Gasteiger partial charge in [0.1, 0.15) is 0 Å². The Morgan fingerprint density at radius 3 is 2.75 bits per heavy atom. The van der Waals surface area contributed by atoms with E-state index < -0.39 is 0 Å². The van der Waals surface area contributed by atoms with Crippen LogP contribution in [0.15, 0.2) is 18.2 Å². The van der Waals surface area contributed by atoms with Crippen LogP contribution >= 0.6 is 11.6 Å². The number of hydrogen-bond acceptors (Lipinski definition) is 4. The summed E-state index contributed by atoms with van der Waals surface area (Å²) in [5, 5.41) is 12.6. The Morgan fingerprint density at radius 1 is 1.35 bits per heavy atom. The van der Waals surface area contributed by atoms with Crippen LogP contribution in [0.1, 0.15) is 39.7 Å². The van der Waals surface area contributed by atoms with Gasteiger partial charge in [0.25, 0.3) is 0 Å². The van der Waals surface area contributed by atoms with Crippen LogP contribution in [0.3, 0.4) is 0 Å². The van der Waals surface area contributed by atoms with Gasteiger partial charge in [-0.05, 0) is 47.9 Å². The quantitative estimate of drug-likeness (QED) is 0.856. The van der Waals surface area contributed by atoms with E-state index >= 15 is 0 Å². The van der Waals surface area contributed by atoms with Crippen LogP contribution in [-0.2, 0) is 0 Å². The third kappa shape index (κ3) is 3.10. The van der Waals surface area contributed by atoms with Crippen LogP contribution in [-0.4, -0.2) is 20.2 Å². The first kappa shape index (κ1) is 14.8. The fraction of sp³-hybridized carbons (Fsp3) is 0.500. The molecule has 2 N–H and O–H groups in total. The Hall–Kier alpha value is -1.62. The molecule has 108 valence electrons. The predicted molar refractivity (Wildman–Crippen MR) is 81.5 cm³/mol. The maximum Gasteiger partial charge on any atom is 0.182 e. The van der Waals surface area contributed by atoms with Crippen molar-refractivity contribution in [3.05, 3.63) is 23.2 Å². The molecule has 6 heteroatoms. The average Bonchev–Trinajstić information content (AvgIpc) is 2.91. The van der Waals surface area contributed by atoms with Crippen LogP contribution < -0.4 is 5.73 Å². The van der Waals surface area contributed by atoms with Crippen LogP contribution in [0.5, 0.6) is 0 Å². The first-order valence-corrected chi connectivity index (χ1v) is 7.24. The zero-order valence-corrected chi connectivity index (χ0v) is 12.8. The first-order valence-electron chi connectivity index (χ1n) is 6.86. The van der Waals surface area contributed by atoms with Gasteiger partial charge in [-0.1, -0.05) is 31.9 Å². The third-order valence-corrected chi connectivity index (χ3v) is 3.95. The summed E-state index contributed by atoms with van der Waals surface area (Å²) in [7, 11) is 0. The molecule has 0 bridgehead atoms. The molecule has 0 radical (unpaired) electrons. The number of benzene rings is 1. The van der Waals surface area contributed by atoms with Gasteiger partial charge in [0.2, 0.25) is 0 Å². The topological polar surface area (TPSA) is 69.6 Å². The highest BCUT2D eigenvalue weighted by Crippen LogP contribution is 2.28. The van der Waals surface area contributed by atoms with Gasteiger partial charge in [0.05, 0.1) is 16.8 Å². The van der Waals surface area contributed by atoms with Crippen molar-refractivity contribution >= 4 is 17.3 Å². The van der Waals surface area contributed by atoms with Crippen molar-refractivity contribution in [2.24, 2.45) is 5.92 Å². The zero-order chi connectivity index (χ0) is 14.7. The lowest BCUT2D eigenvalue weighted by atomic mass is 10.0. The first-order chi connectivity index (χ1) is 9.52. The van der Waals surface area contributed by atoms with Gasteiger partial charge < -0.3 is 5.73 Å². The molecule has 2 atom stereocenters. The second kappa shape index (κ2) is 6.22. The zero-order valence-electron chi connectivity index (χ0n) is 12.0. The van der Waals surface area contributed by atoms with E-state index in [1.54, 1.807) is 12.1 Å². The smallest absolute Gasteiger partial charge is 0.182 e. The minimum Gasteiger partial charge on any atom is -0.398 e. The number of rotatable bonds is 5. The van der Waals surface area contributed by atoms with E-state index in [1.807, 2.05) is 10.7 Å². The van der Waals surface area contributed by atoms with E-state index in [2.05, 4.69) is 36.3 Å². The highest BCUT2D eigenvalue weighted by Gasteiger charge is 2.17. The molecule has 0 aliphatic carbocycles. The fourth-order valence-electron chi connectivity index (χ4n) is 2.21. The van der Waals surface area contributed by atoms with Crippen molar-refractivity contribution in [3.63, 3.8) is 0 Å². The number of aromatic nitrogens is 4. The SMILES string of the molecule is CCC(C)CC(C)n1nnnc1-c1ccc(Cl)c(N)c1. The van der Waals surface area contributed by atoms with Crippen molar-refractivity contribution in [2.45, 2.75) is 39.7 Å². The van der Waals surface area contributed by atoms with Gasteiger partial charge in [-0.25, -0.2) is 4.68 Å². The van der Waals surface area contributed by atoms with Crippen molar-refractivity contribution in [1.82, 2.24) is 20.2 Å². The van der Waals surface area contributed by atoms with Gasteiger partial charge in [0, 0.05) is 5.56 Å². The third-order valence-electron chi connectivity index (χ3n) is 3.60. The number of tetrazole rings is 1. The number of halogens is 1. The lowest BCUT2D eigenvalue weighted by molar-refractivity contribution is 0.371. The standard InChI is InChI=1S/C14H20ClN5/c1-4-9(2)7-10(3)20-14(17-18-19-20)11-5-6-12(15)13(16)8-11/h5-6,8-10H,4,7,16H2,1-3H3. The molecule has 1 aromatic carbocycles. The molecule has 0 aliphatic rings. The molecule has 1 aromatic heterocycles. The summed E-state index contributed by atoms with van der Waals surface area (Å²) < 4.78 is 1.86. The summed E-state index contributed by atoms with van der Waals surface area (Å²) in [5.74, 6) is 1.36. The van der Waals surface area contributed by atoms with E-state index in [9.17, 15) is 0 Å². The Balaban J connectivity index is 2.30. The second-order valence-corrected chi connectivity index (χ2v) is 5.69. The van der Waals surface area contributed by atoms with Gasteiger partial charge in [-0.2, -0.15) is 0 Å². The predicted octanol–water partition coefficient (Wildman–Crippen LogP) is 3.57. The molecule has 0 saturated heterocycles. The molecule has 2 aromatic rings. The lowest BCUT2D eigenvalue weighted by Gasteiger charge is -2.17. The van der Waals surface area contributed by atoms with Crippen molar-refractivity contribution in [2.75, 3.05) is 5.73 Å². The number of nitrogens with zero attached hydrogens (tertiary/aromatic N) is 4. The van der Waals surface area contributed by atoms with Gasteiger partial charge in [-0.15, -0.1) is 5.10 Å². The number of hydrogen-bond donors (Lipinski definition) is 1. The maximum atomic E-state index is 5.95. The summed E-state index contributed by atoms with van der Waals surface area (Å²) >= 11 is 5.95. The van der Waals surface area contributed by atoms with Crippen LogP contribution in [0.2, 0.25) is 5.02 Å². The minimum absolute atomic E-state index is 0.242. The van der Waals surface area contributed by atoms with Gasteiger partial charge in [0.15, 0.2) is 5.82 Å². The van der Waals surface area contributed by atoms with Gasteiger partial charge in [-0.3, -0.25) is 0 Å². The maximum absolute atomic E-state index is 5.95. The van der Waals surface area contributed by atoms with E-state index in [4.69, 9.17) is 17.3 Å². The molecule has 0 spiro atoms.